The molecule has 1 aliphatic heterocycles. The van der Waals surface area contributed by atoms with E-state index >= 15 is 0 Å². The fourth-order valence-corrected chi connectivity index (χ4v) is 2.46. The van der Waals surface area contributed by atoms with Crippen molar-refractivity contribution in [1.29, 1.82) is 0 Å². The van der Waals surface area contributed by atoms with Crippen molar-refractivity contribution in [2.24, 2.45) is 5.73 Å². The van der Waals surface area contributed by atoms with Gasteiger partial charge in [-0.15, -0.1) is 0 Å². The Bertz CT molecular complexity index is 301. The lowest BCUT2D eigenvalue weighted by Crippen LogP contribution is -2.54. The van der Waals surface area contributed by atoms with Crippen molar-refractivity contribution in [2.45, 2.75) is 63.1 Å². The van der Waals surface area contributed by atoms with Gasteiger partial charge in [-0.2, -0.15) is 0 Å². The predicted molar refractivity (Wildman–Crippen MR) is 72.8 cm³/mol. The molecule has 0 aromatic heterocycles. The lowest BCUT2D eigenvalue weighted by atomic mass is 9.95. The van der Waals surface area contributed by atoms with Gasteiger partial charge in [0.1, 0.15) is 0 Å². The number of hydrogen-bond donors (Lipinski definition) is 2. The molecule has 1 heterocycles. The number of carbonyl (C=O) groups excluding carboxylic acids is 1. The minimum Gasteiger partial charge on any atom is -0.381 e. The Hall–Kier alpha value is -0.650. The zero-order valence-electron chi connectivity index (χ0n) is 11.8. The monoisotopic (exact) mass is 270 g/mol. The van der Waals surface area contributed by atoms with Crippen LogP contribution in [-0.4, -0.2) is 43.4 Å². The van der Waals surface area contributed by atoms with Crippen molar-refractivity contribution < 1.29 is 14.3 Å². The third kappa shape index (κ3) is 4.75. The third-order valence-corrected chi connectivity index (χ3v) is 3.99. The number of hydrogen-bond acceptors (Lipinski definition) is 4. The molecule has 2 rings (SSSR count). The first-order valence-electron chi connectivity index (χ1n) is 7.37. The lowest BCUT2D eigenvalue weighted by Gasteiger charge is -2.28. The Morgan fingerprint density at radius 3 is 2.63 bits per heavy atom. The molecular weight excluding hydrogens is 244 g/mol. The van der Waals surface area contributed by atoms with Crippen molar-refractivity contribution in [1.82, 2.24) is 5.32 Å². The summed E-state index contributed by atoms with van der Waals surface area (Å²) in [4.78, 5) is 11.6. The van der Waals surface area contributed by atoms with E-state index in [2.05, 4.69) is 5.32 Å². The number of nitrogens with two attached hydrogens (primary N) is 1. The van der Waals surface area contributed by atoms with Crippen LogP contribution < -0.4 is 11.1 Å². The van der Waals surface area contributed by atoms with Gasteiger partial charge in [0.05, 0.1) is 11.6 Å². The fourth-order valence-electron chi connectivity index (χ4n) is 2.46. The van der Waals surface area contributed by atoms with E-state index in [9.17, 15) is 4.79 Å². The van der Waals surface area contributed by atoms with Gasteiger partial charge in [-0.3, -0.25) is 4.79 Å². The first-order chi connectivity index (χ1) is 9.10. The first kappa shape index (κ1) is 14.8. The Labute approximate surface area is 115 Å². The highest BCUT2D eigenvalue weighted by atomic mass is 16.5. The van der Waals surface area contributed by atoms with Crippen LogP contribution in [0.2, 0.25) is 0 Å². The molecule has 1 aliphatic carbocycles. The quantitative estimate of drug-likeness (QED) is 0.644. The van der Waals surface area contributed by atoms with Crippen LogP contribution in [0.25, 0.3) is 0 Å². The van der Waals surface area contributed by atoms with Crippen molar-refractivity contribution in [3.63, 3.8) is 0 Å². The molecule has 0 radical (unpaired) electrons. The van der Waals surface area contributed by atoms with Crippen LogP contribution >= 0.6 is 0 Å². The molecule has 0 aromatic carbocycles. The highest BCUT2D eigenvalue weighted by Gasteiger charge is 2.36. The molecule has 0 spiro atoms. The average molecular weight is 270 g/mol. The second-order valence-corrected chi connectivity index (χ2v) is 5.90. The first-order valence-corrected chi connectivity index (χ1v) is 7.37. The minimum absolute atomic E-state index is 0.259. The van der Waals surface area contributed by atoms with Gasteiger partial charge in [0.2, 0.25) is 5.91 Å². The van der Waals surface area contributed by atoms with Crippen LogP contribution in [0, 0.1) is 0 Å². The van der Waals surface area contributed by atoms with Gasteiger partial charge in [0, 0.05) is 25.9 Å². The molecule has 0 aromatic rings. The van der Waals surface area contributed by atoms with Crippen molar-refractivity contribution >= 4 is 5.91 Å². The largest absolute Gasteiger partial charge is 0.381 e. The number of primary amides is 1. The molecule has 2 aliphatic rings. The summed E-state index contributed by atoms with van der Waals surface area (Å²) < 4.78 is 11.1. The molecule has 1 saturated carbocycles. The molecule has 0 bridgehead atoms. The maximum atomic E-state index is 11.6. The van der Waals surface area contributed by atoms with E-state index in [0.29, 0.717) is 18.8 Å². The second-order valence-electron chi connectivity index (χ2n) is 5.90. The van der Waals surface area contributed by atoms with Gasteiger partial charge >= 0.3 is 0 Å². The minimum atomic E-state index is -0.583. The molecule has 3 N–H and O–H groups in total. The van der Waals surface area contributed by atoms with Gasteiger partial charge in [0.25, 0.3) is 0 Å². The zero-order valence-corrected chi connectivity index (χ0v) is 11.8. The fraction of sp³-hybridized carbons (Fsp3) is 0.929. The SMILES string of the molecule is CC(CCCOC1CCOCC1)(NC1CC1)C(N)=O. The van der Waals surface area contributed by atoms with E-state index in [-0.39, 0.29) is 5.91 Å². The van der Waals surface area contributed by atoms with E-state index in [4.69, 9.17) is 15.2 Å². The van der Waals surface area contributed by atoms with Gasteiger partial charge in [-0.05, 0) is 45.4 Å². The normalized spacial score (nSPS) is 24.1. The Morgan fingerprint density at radius 1 is 1.37 bits per heavy atom. The molecule has 5 heteroatoms. The summed E-state index contributed by atoms with van der Waals surface area (Å²) in [5.41, 5.74) is 4.93. The molecule has 1 atom stereocenters. The summed E-state index contributed by atoms with van der Waals surface area (Å²) in [6.07, 6.45) is 6.19. The number of amides is 1. The number of nitrogens with one attached hydrogen (secondary N) is 1. The summed E-state index contributed by atoms with van der Waals surface area (Å²) >= 11 is 0. The maximum absolute atomic E-state index is 11.6. The van der Waals surface area contributed by atoms with Crippen LogP contribution in [0.4, 0.5) is 0 Å². The summed E-state index contributed by atoms with van der Waals surface area (Å²) in [6.45, 7) is 4.20. The van der Waals surface area contributed by atoms with E-state index in [1.807, 2.05) is 6.92 Å². The summed E-state index contributed by atoms with van der Waals surface area (Å²) in [5, 5.41) is 3.36. The molecule has 1 unspecified atom stereocenters. The number of rotatable bonds is 8. The van der Waals surface area contributed by atoms with Gasteiger partial charge in [0.15, 0.2) is 0 Å². The summed E-state index contributed by atoms with van der Waals surface area (Å²) in [5.74, 6) is -0.259. The smallest absolute Gasteiger partial charge is 0.237 e. The number of carbonyl (C=O) groups is 1. The highest BCUT2D eigenvalue weighted by molar-refractivity contribution is 5.84. The standard InChI is InChI=1S/C14H26N2O3/c1-14(13(15)17,16-11-3-4-11)7-2-8-19-12-5-9-18-10-6-12/h11-12,16H,2-10H2,1H3,(H2,15,17). The van der Waals surface area contributed by atoms with Gasteiger partial charge in [-0.25, -0.2) is 0 Å². The van der Waals surface area contributed by atoms with Crippen LogP contribution in [0.5, 0.6) is 0 Å². The molecular formula is C14H26N2O3. The van der Waals surface area contributed by atoms with Crippen LogP contribution in [-0.2, 0) is 14.3 Å². The van der Waals surface area contributed by atoms with Crippen molar-refractivity contribution in [2.75, 3.05) is 19.8 Å². The third-order valence-electron chi connectivity index (χ3n) is 3.99. The Kier molecular flexibility index (Phi) is 5.19. The maximum Gasteiger partial charge on any atom is 0.237 e. The molecule has 110 valence electrons. The summed E-state index contributed by atoms with van der Waals surface area (Å²) in [6, 6.07) is 0.480. The predicted octanol–water partition coefficient (Wildman–Crippen LogP) is 0.958. The van der Waals surface area contributed by atoms with Crippen molar-refractivity contribution in [3.05, 3.63) is 0 Å². The second kappa shape index (κ2) is 6.68. The molecule has 2 fully saturated rings. The van der Waals surface area contributed by atoms with E-state index in [1.165, 1.54) is 0 Å². The zero-order chi connectivity index (χ0) is 13.7. The average Bonchev–Trinajstić information content (AvgIpc) is 3.19. The lowest BCUT2D eigenvalue weighted by molar-refractivity contribution is -0.124. The van der Waals surface area contributed by atoms with Crippen LogP contribution in [0.15, 0.2) is 0 Å². The molecule has 1 amide bonds. The topological polar surface area (TPSA) is 73.6 Å². The molecule has 1 saturated heterocycles. The van der Waals surface area contributed by atoms with Crippen LogP contribution in [0.3, 0.4) is 0 Å². The van der Waals surface area contributed by atoms with Gasteiger partial charge < -0.3 is 20.5 Å². The van der Waals surface area contributed by atoms with E-state index in [0.717, 1.165) is 51.7 Å². The van der Waals surface area contributed by atoms with E-state index in [1.54, 1.807) is 0 Å². The van der Waals surface area contributed by atoms with E-state index < -0.39 is 5.54 Å². The molecule has 19 heavy (non-hydrogen) atoms. The number of ether oxygens (including phenoxy) is 2. The highest BCUT2D eigenvalue weighted by Crippen LogP contribution is 2.24. The van der Waals surface area contributed by atoms with Crippen molar-refractivity contribution in [3.8, 4) is 0 Å². The summed E-state index contributed by atoms with van der Waals surface area (Å²) in [7, 11) is 0. The van der Waals surface area contributed by atoms with Gasteiger partial charge in [-0.1, -0.05) is 0 Å². The Balaban J connectivity index is 1.65. The van der Waals surface area contributed by atoms with Crippen LogP contribution in [0.1, 0.15) is 45.4 Å². The molecule has 5 nitrogen and oxygen atoms in total. The Morgan fingerprint density at radius 2 is 2.05 bits per heavy atom.